The fourth-order valence-corrected chi connectivity index (χ4v) is 4.25. The van der Waals surface area contributed by atoms with Crippen LogP contribution in [0.25, 0.3) is 11.1 Å². The van der Waals surface area contributed by atoms with Gasteiger partial charge >= 0.3 is 12.1 Å². The van der Waals surface area contributed by atoms with Gasteiger partial charge in [-0.25, -0.2) is 9.59 Å². The van der Waals surface area contributed by atoms with Gasteiger partial charge in [-0.1, -0.05) is 48.5 Å². The molecule has 4 rings (SSSR count). The molecule has 0 heterocycles. The predicted molar refractivity (Wildman–Crippen MR) is 116 cm³/mol. The number of carboxylic acid groups (broad SMARTS) is 1. The monoisotopic (exact) mass is 438 g/mol. The van der Waals surface area contributed by atoms with E-state index in [4.69, 9.17) is 14.6 Å². The number of rotatable bonds is 9. The summed E-state index contributed by atoms with van der Waals surface area (Å²) < 4.78 is 10.3. The number of fused-ring (bicyclic) bond motifs is 3. The van der Waals surface area contributed by atoms with Gasteiger partial charge in [-0.15, -0.1) is 0 Å². The molecule has 0 spiro atoms. The molecule has 0 aromatic heterocycles. The van der Waals surface area contributed by atoms with Crippen LogP contribution in [0.4, 0.5) is 4.79 Å². The Morgan fingerprint density at radius 2 is 1.66 bits per heavy atom. The summed E-state index contributed by atoms with van der Waals surface area (Å²) in [5.41, 5.74) is 4.64. The maximum atomic E-state index is 12.2. The lowest BCUT2D eigenvalue weighted by atomic mass is 9.98. The van der Waals surface area contributed by atoms with Crippen molar-refractivity contribution in [3.05, 3.63) is 59.7 Å². The lowest BCUT2D eigenvalue weighted by Gasteiger charge is -2.14. The predicted octanol–water partition coefficient (Wildman–Crippen LogP) is 2.38. The Morgan fingerprint density at radius 3 is 2.25 bits per heavy atom. The summed E-state index contributed by atoms with van der Waals surface area (Å²) in [6.45, 7) is 0.483. The number of nitrogens with one attached hydrogen (secondary N) is 2. The highest BCUT2D eigenvalue weighted by molar-refractivity contribution is 5.83. The average Bonchev–Trinajstić information content (AvgIpc) is 3.51. The molecular formula is C24H26N2O6. The molecule has 0 saturated heterocycles. The number of hydrogen-bond acceptors (Lipinski definition) is 5. The molecule has 3 N–H and O–H groups in total. The third-order valence-corrected chi connectivity index (χ3v) is 6.13. The van der Waals surface area contributed by atoms with Crippen LogP contribution in [0.1, 0.15) is 23.5 Å². The maximum absolute atomic E-state index is 12.2. The van der Waals surface area contributed by atoms with Gasteiger partial charge in [0.2, 0.25) is 5.91 Å². The first-order chi connectivity index (χ1) is 15.5. The number of carbonyl (C=O) groups excluding carboxylic acids is 2. The minimum Gasteiger partial charge on any atom is -0.479 e. The van der Waals surface area contributed by atoms with Crippen molar-refractivity contribution in [1.29, 1.82) is 0 Å². The van der Waals surface area contributed by atoms with Crippen molar-refractivity contribution < 1.29 is 29.0 Å². The minimum atomic E-state index is -1.13. The van der Waals surface area contributed by atoms with Gasteiger partial charge in [-0.3, -0.25) is 4.79 Å². The molecule has 8 heteroatoms. The van der Waals surface area contributed by atoms with Gasteiger partial charge in [0.05, 0.1) is 6.54 Å². The molecule has 0 bridgehead atoms. The number of carbonyl (C=O) groups is 3. The van der Waals surface area contributed by atoms with Crippen molar-refractivity contribution in [2.45, 2.75) is 18.4 Å². The van der Waals surface area contributed by atoms with E-state index in [1.807, 2.05) is 24.3 Å². The Labute approximate surface area is 185 Å². The molecular weight excluding hydrogens is 412 g/mol. The number of carboxylic acids is 1. The number of methoxy groups -OCH3 is 1. The summed E-state index contributed by atoms with van der Waals surface area (Å²) in [5.74, 6) is -1.59. The molecule has 2 aromatic carbocycles. The van der Waals surface area contributed by atoms with E-state index >= 15 is 0 Å². The fourth-order valence-electron chi connectivity index (χ4n) is 4.25. The normalized spacial score (nSPS) is 19.4. The standard InChI is InChI=1S/C24H26N2O6/c1-31-21(23(28)29)12-25-22(27)19-10-14(19)11-26-24(30)32-13-20-17-8-4-2-6-15(17)16-7-3-5-9-18(16)20/h2-9,14,19-21H,10-13H2,1H3,(H,25,27)(H,26,30)(H,28,29). The van der Waals surface area contributed by atoms with E-state index in [1.165, 1.54) is 18.2 Å². The molecule has 168 valence electrons. The largest absolute Gasteiger partial charge is 0.479 e. The first-order valence-corrected chi connectivity index (χ1v) is 10.6. The fraction of sp³-hybridized carbons (Fsp3) is 0.375. The van der Waals surface area contributed by atoms with Crippen LogP contribution in [-0.2, 0) is 19.1 Å². The second-order valence-corrected chi connectivity index (χ2v) is 8.12. The molecule has 2 amide bonds. The van der Waals surface area contributed by atoms with Crippen LogP contribution in [0, 0.1) is 11.8 Å². The average molecular weight is 438 g/mol. The van der Waals surface area contributed by atoms with Crippen LogP contribution in [0.5, 0.6) is 0 Å². The molecule has 1 fully saturated rings. The molecule has 3 unspecified atom stereocenters. The number of benzene rings is 2. The maximum Gasteiger partial charge on any atom is 0.407 e. The summed E-state index contributed by atoms with van der Waals surface area (Å²) in [6, 6.07) is 16.3. The minimum absolute atomic E-state index is 0.00410. The van der Waals surface area contributed by atoms with E-state index in [0.29, 0.717) is 13.0 Å². The van der Waals surface area contributed by atoms with Crippen molar-refractivity contribution in [2.24, 2.45) is 11.8 Å². The van der Waals surface area contributed by atoms with E-state index in [0.717, 1.165) is 11.1 Å². The van der Waals surface area contributed by atoms with Gasteiger partial charge in [-0.2, -0.15) is 0 Å². The first kappa shape index (κ1) is 21.8. The third kappa shape index (κ3) is 4.60. The van der Waals surface area contributed by atoms with Crippen LogP contribution >= 0.6 is 0 Å². The summed E-state index contributed by atoms with van der Waals surface area (Å²) in [6.07, 6.45) is -0.946. The van der Waals surface area contributed by atoms with Crippen LogP contribution in [-0.4, -0.2) is 56.0 Å². The summed E-state index contributed by atoms with van der Waals surface area (Å²) in [5, 5.41) is 14.3. The van der Waals surface area contributed by atoms with E-state index in [-0.39, 0.29) is 36.8 Å². The van der Waals surface area contributed by atoms with Gasteiger partial charge < -0.3 is 25.2 Å². The summed E-state index contributed by atoms with van der Waals surface area (Å²) in [4.78, 5) is 35.3. The molecule has 0 radical (unpaired) electrons. The summed E-state index contributed by atoms with van der Waals surface area (Å²) in [7, 11) is 1.28. The molecule has 8 nitrogen and oxygen atoms in total. The van der Waals surface area contributed by atoms with Crippen LogP contribution < -0.4 is 10.6 Å². The second kappa shape index (κ2) is 9.40. The Morgan fingerprint density at radius 1 is 1.03 bits per heavy atom. The molecule has 2 aliphatic carbocycles. The van der Waals surface area contributed by atoms with Gasteiger partial charge in [0, 0.05) is 25.5 Å². The van der Waals surface area contributed by atoms with Crippen molar-refractivity contribution in [3.8, 4) is 11.1 Å². The zero-order valence-corrected chi connectivity index (χ0v) is 17.7. The van der Waals surface area contributed by atoms with Gasteiger partial charge in [-0.05, 0) is 34.6 Å². The van der Waals surface area contributed by atoms with Crippen molar-refractivity contribution >= 4 is 18.0 Å². The molecule has 32 heavy (non-hydrogen) atoms. The number of ether oxygens (including phenoxy) is 2. The number of amides is 2. The van der Waals surface area contributed by atoms with E-state index in [9.17, 15) is 14.4 Å². The highest BCUT2D eigenvalue weighted by Crippen LogP contribution is 2.44. The van der Waals surface area contributed by atoms with Crippen molar-refractivity contribution in [2.75, 3.05) is 26.8 Å². The van der Waals surface area contributed by atoms with E-state index < -0.39 is 18.2 Å². The molecule has 0 aliphatic heterocycles. The zero-order chi connectivity index (χ0) is 22.7. The highest BCUT2D eigenvalue weighted by Gasteiger charge is 2.43. The SMILES string of the molecule is COC(CNC(=O)C1CC1CNC(=O)OCC1c2ccccc2-c2ccccc21)C(=O)O. The lowest BCUT2D eigenvalue weighted by molar-refractivity contribution is -0.148. The zero-order valence-electron chi connectivity index (χ0n) is 17.7. The molecule has 1 saturated carbocycles. The Balaban J connectivity index is 1.22. The smallest absolute Gasteiger partial charge is 0.407 e. The van der Waals surface area contributed by atoms with E-state index in [2.05, 4.69) is 34.9 Å². The first-order valence-electron chi connectivity index (χ1n) is 10.6. The molecule has 3 atom stereocenters. The second-order valence-electron chi connectivity index (χ2n) is 8.12. The van der Waals surface area contributed by atoms with E-state index in [1.54, 1.807) is 0 Å². The van der Waals surface area contributed by atoms with Gasteiger partial charge in [0.1, 0.15) is 6.61 Å². The Bertz CT molecular complexity index is 978. The lowest BCUT2D eigenvalue weighted by Crippen LogP contribution is -2.39. The number of aliphatic carboxylic acids is 1. The number of alkyl carbamates (subject to hydrolysis) is 1. The Kier molecular flexibility index (Phi) is 6.41. The van der Waals surface area contributed by atoms with Gasteiger partial charge in [0.25, 0.3) is 0 Å². The topological polar surface area (TPSA) is 114 Å². The van der Waals surface area contributed by atoms with Crippen LogP contribution in [0.3, 0.4) is 0 Å². The third-order valence-electron chi connectivity index (χ3n) is 6.13. The quantitative estimate of drug-likeness (QED) is 0.554. The van der Waals surface area contributed by atoms with Crippen molar-refractivity contribution in [1.82, 2.24) is 10.6 Å². The molecule has 2 aromatic rings. The van der Waals surface area contributed by atoms with Gasteiger partial charge in [0.15, 0.2) is 6.10 Å². The van der Waals surface area contributed by atoms with Crippen LogP contribution in [0.2, 0.25) is 0 Å². The van der Waals surface area contributed by atoms with Crippen LogP contribution in [0.15, 0.2) is 48.5 Å². The number of hydrogen-bond donors (Lipinski definition) is 3. The summed E-state index contributed by atoms with van der Waals surface area (Å²) >= 11 is 0. The Hall–Kier alpha value is -3.39. The highest BCUT2D eigenvalue weighted by atomic mass is 16.5. The molecule has 2 aliphatic rings. The van der Waals surface area contributed by atoms with Crippen molar-refractivity contribution in [3.63, 3.8) is 0 Å².